The van der Waals surface area contributed by atoms with E-state index in [1.807, 2.05) is 6.07 Å². The van der Waals surface area contributed by atoms with Crippen LogP contribution < -0.4 is 28.4 Å². The SMILES string of the molecule is COc1cc2c(c(OC)c1OC)-c1c(cc(OC)c(OC)c1OC)[C@H](O[Si](C)(C)C(C)(C)C)[C@H](C)[C@H](C)C2. The molecule has 0 heterocycles. The van der Waals surface area contributed by atoms with E-state index in [9.17, 15) is 0 Å². The van der Waals surface area contributed by atoms with Gasteiger partial charge < -0.3 is 32.8 Å². The molecule has 0 bridgehead atoms. The molecule has 3 rings (SSSR count). The molecular formula is C30H46O7Si. The molecule has 0 fully saturated rings. The minimum atomic E-state index is -2.18. The van der Waals surface area contributed by atoms with E-state index in [0.29, 0.717) is 40.4 Å². The smallest absolute Gasteiger partial charge is 0.203 e. The predicted octanol–water partition coefficient (Wildman–Crippen LogP) is 7.30. The minimum Gasteiger partial charge on any atom is -0.493 e. The van der Waals surface area contributed by atoms with Crippen molar-refractivity contribution in [2.24, 2.45) is 11.8 Å². The van der Waals surface area contributed by atoms with Gasteiger partial charge >= 0.3 is 0 Å². The molecule has 0 unspecified atom stereocenters. The number of fused-ring (bicyclic) bond motifs is 3. The Hall–Kier alpha value is -2.58. The first-order valence-corrected chi connectivity index (χ1v) is 16.0. The van der Waals surface area contributed by atoms with E-state index in [-0.39, 0.29) is 17.1 Å². The second-order valence-electron chi connectivity index (χ2n) is 11.6. The van der Waals surface area contributed by atoms with Crippen molar-refractivity contribution in [3.8, 4) is 45.6 Å². The number of benzene rings is 2. The molecule has 8 heteroatoms. The van der Waals surface area contributed by atoms with Crippen LogP contribution in [0.25, 0.3) is 11.1 Å². The van der Waals surface area contributed by atoms with E-state index in [4.69, 9.17) is 32.8 Å². The first-order chi connectivity index (χ1) is 17.8. The van der Waals surface area contributed by atoms with Crippen molar-refractivity contribution in [1.82, 2.24) is 0 Å². The van der Waals surface area contributed by atoms with Crippen molar-refractivity contribution in [2.45, 2.75) is 65.3 Å². The first kappa shape index (κ1) is 30.0. The van der Waals surface area contributed by atoms with Crippen molar-refractivity contribution in [3.63, 3.8) is 0 Å². The summed E-state index contributed by atoms with van der Waals surface area (Å²) in [5.74, 6) is 3.90. The molecule has 2 aromatic rings. The fourth-order valence-electron chi connectivity index (χ4n) is 5.08. The van der Waals surface area contributed by atoms with Gasteiger partial charge in [0.15, 0.2) is 31.3 Å². The van der Waals surface area contributed by atoms with Crippen molar-refractivity contribution in [3.05, 3.63) is 23.3 Å². The molecule has 2 aromatic carbocycles. The van der Waals surface area contributed by atoms with Gasteiger partial charge in [-0.15, -0.1) is 0 Å². The van der Waals surface area contributed by atoms with Gasteiger partial charge in [-0.1, -0.05) is 34.6 Å². The van der Waals surface area contributed by atoms with Crippen LogP contribution in [0.5, 0.6) is 34.5 Å². The Morgan fingerprint density at radius 3 is 1.61 bits per heavy atom. The molecule has 0 N–H and O–H groups in total. The summed E-state index contributed by atoms with van der Waals surface area (Å²) in [6.45, 7) is 15.9. The summed E-state index contributed by atoms with van der Waals surface area (Å²) in [6.07, 6.45) is 0.585. The van der Waals surface area contributed by atoms with Gasteiger partial charge in [0.05, 0.1) is 48.8 Å². The van der Waals surface area contributed by atoms with E-state index >= 15 is 0 Å². The standard InChI is InChI=1S/C30H46O7Si/c1-17-14-19-15-21(31-6)26(33-8)28(35-10)23(19)24-20(16-22(32-7)27(34-9)29(24)36-11)25(18(17)2)37-38(12,13)30(3,4)5/h15-18,25H,14H2,1-13H3/t17-,18-,25-/m1/s1. The molecule has 0 aromatic heterocycles. The maximum atomic E-state index is 7.24. The predicted molar refractivity (Wildman–Crippen MR) is 154 cm³/mol. The van der Waals surface area contributed by atoms with E-state index in [2.05, 4.69) is 53.8 Å². The average Bonchev–Trinajstić information content (AvgIpc) is 2.87. The molecule has 0 saturated carbocycles. The summed E-state index contributed by atoms with van der Waals surface area (Å²) in [4.78, 5) is 0. The van der Waals surface area contributed by atoms with Gasteiger partial charge in [0.2, 0.25) is 11.5 Å². The first-order valence-electron chi connectivity index (χ1n) is 13.1. The van der Waals surface area contributed by atoms with Crippen LogP contribution in [0.4, 0.5) is 0 Å². The Labute approximate surface area is 229 Å². The lowest BCUT2D eigenvalue weighted by atomic mass is 9.76. The Kier molecular flexibility index (Phi) is 8.88. The maximum Gasteiger partial charge on any atom is 0.203 e. The topological polar surface area (TPSA) is 64.6 Å². The third-order valence-corrected chi connectivity index (χ3v) is 12.9. The van der Waals surface area contributed by atoms with Crippen LogP contribution in [0.3, 0.4) is 0 Å². The molecule has 38 heavy (non-hydrogen) atoms. The van der Waals surface area contributed by atoms with Crippen LogP contribution in [0.2, 0.25) is 18.1 Å². The molecule has 0 amide bonds. The lowest BCUT2D eigenvalue weighted by molar-refractivity contribution is 0.0952. The Morgan fingerprint density at radius 2 is 1.16 bits per heavy atom. The van der Waals surface area contributed by atoms with Crippen LogP contribution in [0.15, 0.2) is 12.1 Å². The molecule has 3 atom stereocenters. The van der Waals surface area contributed by atoms with Crippen LogP contribution in [-0.2, 0) is 10.8 Å². The molecule has 0 radical (unpaired) electrons. The average molecular weight is 547 g/mol. The highest BCUT2D eigenvalue weighted by atomic mass is 28.4. The number of ether oxygens (including phenoxy) is 6. The molecule has 1 aliphatic rings. The van der Waals surface area contributed by atoms with Crippen LogP contribution in [0, 0.1) is 11.8 Å². The molecule has 0 aliphatic heterocycles. The van der Waals surface area contributed by atoms with Gasteiger partial charge in [0.1, 0.15) is 0 Å². The quantitative estimate of drug-likeness (QED) is 0.322. The van der Waals surface area contributed by atoms with E-state index in [0.717, 1.165) is 28.7 Å². The summed E-state index contributed by atoms with van der Waals surface area (Å²) in [6, 6.07) is 4.10. The molecule has 212 valence electrons. The largest absolute Gasteiger partial charge is 0.493 e. The minimum absolute atomic E-state index is 0.0331. The van der Waals surface area contributed by atoms with Gasteiger partial charge in [0, 0.05) is 11.1 Å². The molecular weight excluding hydrogens is 500 g/mol. The lowest BCUT2D eigenvalue weighted by Gasteiger charge is -2.44. The molecule has 0 spiro atoms. The van der Waals surface area contributed by atoms with Crippen molar-refractivity contribution >= 4 is 8.32 Å². The summed E-state index contributed by atoms with van der Waals surface area (Å²) in [5.41, 5.74) is 3.81. The monoisotopic (exact) mass is 546 g/mol. The Bertz CT molecular complexity index is 1150. The zero-order chi connectivity index (χ0) is 28.6. The Morgan fingerprint density at radius 1 is 0.684 bits per heavy atom. The second kappa shape index (κ2) is 11.3. The fourth-order valence-corrected chi connectivity index (χ4v) is 6.41. The van der Waals surface area contributed by atoms with Gasteiger partial charge in [-0.25, -0.2) is 0 Å². The number of hydrogen-bond acceptors (Lipinski definition) is 7. The maximum absolute atomic E-state index is 7.24. The van der Waals surface area contributed by atoms with Gasteiger partial charge in [-0.05, 0) is 59.6 Å². The second-order valence-corrected chi connectivity index (χ2v) is 16.4. The summed E-state index contributed by atoms with van der Waals surface area (Å²) >= 11 is 0. The summed E-state index contributed by atoms with van der Waals surface area (Å²) in [7, 11) is 7.65. The normalized spacial score (nSPS) is 19.4. The summed E-state index contributed by atoms with van der Waals surface area (Å²) in [5, 5.41) is 0.0331. The van der Waals surface area contributed by atoms with Crippen molar-refractivity contribution in [1.29, 1.82) is 0 Å². The highest BCUT2D eigenvalue weighted by molar-refractivity contribution is 6.74. The fraction of sp³-hybridized carbons (Fsp3) is 0.600. The van der Waals surface area contributed by atoms with Gasteiger partial charge in [0.25, 0.3) is 0 Å². The van der Waals surface area contributed by atoms with E-state index < -0.39 is 8.32 Å². The van der Waals surface area contributed by atoms with Crippen LogP contribution in [0.1, 0.15) is 51.8 Å². The number of methoxy groups -OCH3 is 6. The molecule has 0 saturated heterocycles. The summed E-state index contributed by atoms with van der Waals surface area (Å²) < 4.78 is 42.6. The van der Waals surface area contributed by atoms with Crippen LogP contribution >= 0.6 is 0 Å². The van der Waals surface area contributed by atoms with E-state index in [1.165, 1.54) is 0 Å². The lowest BCUT2D eigenvalue weighted by Crippen LogP contribution is -2.43. The van der Waals surface area contributed by atoms with Crippen molar-refractivity contribution in [2.75, 3.05) is 42.7 Å². The highest BCUT2D eigenvalue weighted by Crippen LogP contribution is 2.58. The Balaban J connectivity index is 2.56. The zero-order valence-electron chi connectivity index (χ0n) is 25.5. The third-order valence-electron chi connectivity index (χ3n) is 8.47. The molecule has 7 nitrogen and oxygen atoms in total. The van der Waals surface area contributed by atoms with Crippen LogP contribution in [-0.4, -0.2) is 51.0 Å². The highest BCUT2D eigenvalue weighted by Gasteiger charge is 2.44. The number of hydrogen-bond donors (Lipinski definition) is 0. The van der Waals surface area contributed by atoms with Gasteiger partial charge in [-0.3, -0.25) is 0 Å². The van der Waals surface area contributed by atoms with E-state index in [1.54, 1.807) is 42.7 Å². The number of rotatable bonds is 8. The zero-order valence-corrected chi connectivity index (χ0v) is 26.5. The van der Waals surface area contributed by atoms with Gasteiger partial charge in [-0.2, -0.15) is 0 Å². The molecule has 1 aliphatic carbocycles. The van der Waals surface area contributed by atoms with Crippen molar-refractivity contribution < 1.29 is 32.8 Å². The third kappa shape index (κ3) is 5.05.